The lowest BCUT2D eigenvalue weighted by Crippen LogP contribution is -2.64. The van der Waals surface area contributed by atoms with Crippen LogP contribution in [0.3, 0.4) is 0 Å². The number of ether oxygens (including phenoxy) is 1. The normalized spacial score (nSPS) is 20.5. The maximum Gasteiger partial charge on any atom is 0.417 e. The monoisotopic (exact) mass is 383 g/mol. The Morgan fingerprint density at radius 2 is 1.92 bits per heavy atom. The molecule has 1 aliphatic heterocycles. The summed E-state index contributed by atoms with van der Waals surface area (Å²) >= 11 is 1.54. The number of likely N-dealkylation sites (tertiary alicyclic amines) is 1. The van der Waals surface area contributed by atoms with Crippen LogP contribution < -0.4 is 0 Å². The molecule has 1 aliphatic rings. The summed E-state index contributed by atoms with van der Waals surface area (Å²) in [5, 5.41) is 1.96. The average Bonchev–Trinajstić information content (AvgIpc) is 3.15. The smallest absolute Gasteiger partial charge is 0.417 e. The van der Waals surface area contributed by atoms with E-state index in [1.54, 1.807) is 11.3 Å². The topological polar surface area (TPSA) is 55.8 Å². The number of β-lactam (4-membered cyclic amide) rings is 1. The van der Waals surface area contributed by atoms with Crippen molar-refractivity contribution in [1.82, 2.24) is 4.90 Å². The van der Waals surface area contributed by atoms with E-state index in [0.717, 1.165) is 35.9 Å². The first-order valence-corrected chi connectivity index (χ1v) is 12.7. The van der Waals surface area contributed by atoms with Gasteiger partial charge in [0.2, 0.25) is 0 Å². The second kappa shape index (κ2) is 8.96. The molecular formula is C18H29NO4SSi. The Bertz CT molecular complexity index is 565. The van der Waals surface area contributed by atoms with Gasteiger partial charge in [-0.2, -0.15) is 0 Å². The van der Waals surface area contributed by atoms with E-state index < -0.39 is 20.5 Å². The van der Waals surface area contributed by atoms with Crippen molar-refractivity contribution in [2.45, 2.75) is 70.8 Å². The fourth-order valence-corrected chi connectivity index (χ4v) is 6.77. The zero-order valence-electron chi connectivity index (χ0n) is 15.6. The fourth-order valence-electron chi connectivity index (χ4n) is 3.16. The third kappa shape index (κ3) is 4.15. The lowest BCUT2D eigenvalue weighted by atomic mass is 9.97. The molecule has 0 radical (unpaired) electrons. The zero-order chi connectivity index (χ0) is 18.4. The summed E-state index contributed by atoms with van der Waals surface area (Å²) in [6.45, 7) is 8.79. The van der Waals surface area contributed by atoms with E-state index in [0.29, 0.717) is 6.61 Å². The van der Waals surface area contributed by atoms with E-state index in [1.807, 2.05) is 24.4 Å². The quantitative estimate of drug-likeness (QED) is 0.344. The number of carbonyl (C=O) groups is 2. The molecule has 1 fully saturated rings. The van der Waals surface area contributed by atoms with Gasteiger partial charge in [0, 0.05) is 4.88 Å². The molecule has 0 aromatic carbocycles. The first kappa shape index (κ1) is 20.1. The highest BCUT2D eigenvalue weighted by Crippen LogP contribution is 2.42. The van der Waals surface area contributed by atoms with Crippen molar-refractivity contribution in [1.29, 1.82) is 0 Å². The van der Waals surface area contributed by atoms with Crippen LogP contribution in [0.2, 0.25) is 18.1 Å². The van der Waals surface area contributed by atoms with Gasteiger partial charge in [0.1, 0.15) is 6.04 Å². The summed E-state index contributed by atoms with van der Waals surface area (Å²) in [6, 6.07) is 6.46. The number of hydrogen-bond acceptors (Lipinski definition) is 5. The first-order chi connectivity index (χ1) is 12.0. The van der Waals surface area contributed by atoms with Crippen LogP contribution in [0.4, 0.5) is 4.79 Å². The highest BCUT2D eigenvalue weighted by Gasteiger charge is 2.55. The van der Waals surface area contributed by atoms with Crippen LogP contribution in [0, 0.1) is 0 Å². The molecule has 1 saturated heterocycles. The summed E-state index contributed by atoms with van der Waals surface area (Å²) in [5.41, 5.74) is 0. The molecule has 0 aliphatic carbocycles. The number of nitrogens with zero attached hydrogens (tertiary/aromatic N) is 1. The van der Waals surface area contributed by atoms with Gasteiger partial charge >= 0.3 is 6.09 Å². The second-order valence-corrected chi connectivity index (χ2v) is 12.1. The van der Waals surface area contributed by atoms with Crippen LogP contribution in [0.25, 0.3) is 0 Å². The predicted molar refractivity (Wildman–Crippen MR) is 102 cm³/mol. The number of imide groups is 1. The molecule has 5 nitrogen and oxygen atoms in total. The molecule has 25 heavy (non-hydrogen) atoms. The van der Waals surface area contributed by atoms with Crippen LogP contribution in [-0.4, -0.2) is 37.9 Å². The number of unbranched alkanes of at least 4 members (excludes halogenated alkanes) is 1. The van der Waals surface area contributed by atoms with Crippen molar-refractivity contribution < 1.29 is 18.8 Å². The molecule has 2 amide bonds. The molecule has 0 saturated carbocycles. The molecule has 0 bridgehead atoms. The van der Waals surface area contributed by atoms with Gasteiger partial charge in [0.15, 0.2) is 14.4 Å². The average molecular weight is 384 g/mol. The minimum atomic E-state index is -1.94. The Kier molecular flexibility index (Phi) is 7.21. The molecule has 0 N–H and O–H groups in total. The summed E-state index contributed by atoms with van der Waals surface area (Å²) in [7, 11) is -1.94. The first-order valence-electron chi connectivity index (χ1n) is 9.24. The minimum Gasteiger partial charge on any atom is -0.449 e. The van der Waals surface area contributed by atoms with Crippen molar-refractivity contribution >= 4 is 31.7 Å². The van der Waals surface area contributed by atoms with Crippen LogP contribution in [0.5, 0.6) is 0 Å². The van der Waals surface area contributed by atoms with Gasteiger partial charge in [0.05, 0.1) is 6.61 Å². The van der Waals surface area contributed by atoms with E-state index in [9.17, 15) is 9.59 Å². The molecular weight excluding hydrogens is 354 g/mol. The molecule has 140 valence electrons. The highest BCUT2D eigenvalue weighted by atomic mass is 32.1. The summed E-state index contributed by atoms with van der Waals surface area (Å²) in [4.78, 5) is 27.3. The number of carbonyl (C=O) groups excluding carboxylic acids is 2. The third-order valence-electron chi connectivity index (χ3n) is 5.11. The Balaban J connectivity index is 2.18. The van der Waals surface area contributed by atoms with Crippen molar-refractivity contribution in [2.24, 2.45) is 0 Å². The Hall–Kier alpha value is -1.18. The van der Waals surface area contributed by atoms with E-state index in [4.69, 9.17) is 9.16 Å². The van der Waals surface area contributed by atoms with Gasteiger partial charge in [0.25, 0.3) is 5.91 Å². The Morgan fingerprint density at radius 3 is 2.44 bits per heavy atom. The van der Waals surface area contributed by atoms with Crippen LogP contribution >= 0.6 is 11.3 Å². The van der Waals surface area contributed by atoms with E-state index in [-0.39, 0.29) is 11.9 Å². The molecule has 2 rings (SSSR count). The molecule has 2 atom stereocenters. The van der Waals surface area contributed by atoms with Crippen LogP contribution in [0.1, 0.15) is 51.5 Å². The lowest BCUT2D eigenvalue weighted by Gasteiger charge is -2.47. The maximum absolute atomic E-state index is 12.7. The van der Waals surface area contributed by atoms with E-state index in [1.165, 1.54) is 4.90 Å². The molecule has 2 heterocycles. The predicted octanol–water partition coefficient (Wildman–Crippen LogP) is 4.96. The minimum absolute atomic E-state index is 0.257. The number of rotatable bonds is 9. The van der Waals surface area contributed by atoms with Crippen molar-refractivity contribution in [2.75, 3.05) is 6.61 Å². The molecule has 7 heteroatoms. The zero-order valence-corrected chi connectivity index (χ0v) is 17.4. The molecule has 0 spiro atoms. The Morgan fingerprint density at radius 1 is 1.24 bits per heavy atom. The molecule has 1 aromatic rings. The largest absolute Gasteiger partial charge is 0.449 e. The van der Waals surface area contributed by atoms with Gasteiger partial charge in [-0.15, -0.1) is 11.3 Å². The molecule has 1 aromatic heterocycles. The maximum atomic E-state index is 12.7. The van der Waals surface area contributed by atoms with Crippen LogP contribution in [-0.2, 0) is 14.0 Å². The van der Waals surface area contributed by atoms with E-state index >= 15 is 0 Å². The SMILES string of the molecule is CCCCOC(=O)N1C(=O)[C@H](O[Si](CC)(CC)CC)[C@@H]1c1cccs1. The molecule has 0 unspecified atom stereocenters. The summed E-state index contributed by atoms with van der Waals surface area (Å²) in [5.74, 6) is -0.257. The number of hydrogen-bond donors (Lipinski definition) is 0. The van der Waals surface area contributed by atoms with E-state index in [2.05, 4.69) is 20.8 Å². The second-order valence-electron chi connectivity index (χ2n) is 6.42. The third-order valence-corrected chi connectivity index (χ3v) is 10.7. The standard InChI is InChI=1S/C18H29NO4SSi/c1-5-9-12-22-18(21)19-15(14-11-10-13-24-14)16(17(19)20)23-25(6-2,7-3)8-4/h10-11,13,15-16H,5-9,12H2,1-4H3/t15-,16+/m0/s1. The summed E-state index contributed by atoms with van der Waals surface area (Å²) < 4.78 is 11.7. The lowest BCUT2D eigenvalue weighted by molar-refractivity contribution is -0.160. The summed E-state index contributed by atoms with van der Waals surface area (Å²) in [6.07, 6.45) is 0.644. The number of amides is 2. The number of thiophene rings is 1. The van der Waals surface area contributed by atoms with Gasteiger partial charge in [-0.3, -0.25) is 4.79 Å². The van der Waals surface area contributed by atoms with Crippen molar-refractivity contribution in [3.8, 4) is 0 Å². The van der Waals surface area contributed by atoms with Crippen LogP contribution in [0.15, 0.2) is 17.5 Å². The van der Waals surface area contributed by atoms with Crippen molar-refractivity contribution in [3.05, 3.63) is 22.4 Å². The highest BCUT2D eigenvalue weighted by molar-refractivity contribution is 7.10. The van der Waals surface area contributed by atoms with Crippen molar-refractivity contribution in [3.63, 3.8) is 0 Å². The van der Waals surface area contributed by atoms with Gasteiger partial charge in [-0.05, 0) is 36.0 Å². The Labute approximate surface area is 155 Å². The fraction of sp³-hybridized carbons (Fsp3) is 0.667. The van der Waals surface area contributed by atoms with Gasteiger partial charge < -0.3 is 9.16 Å². The van der Waals surface area contributed by atoms with Gasteiger partial charge in [-0.25, -0.2) is 9.69 Å². The van der Waals surface area contributed by atoms with Gasteiger partial charge in [-0.1, -0.05) is 40.2 Å².